The molecule has 0 aliphatic heterocycles. The number of esters is 1. The number of fused-ring (bicyclic) bond motifs is 1. The van der Waals surface area contributed by atoms with Crippen LogP contribution in [0, 0.1) is 13.8 Å². The summed E-state index contributed by atoms with van der Waals surface area (Å²) in [6, 6.07) is 15.4. The summed E-state index contributed by atoms with van der Waals surface area (Å²) in [6.45, 7) is 4.37. The number of phenols is 1. The molecule has 0 saturated carbocycles. The van der Waals surface area contributed by atoms with Gasteiger partial charge in [-0.05, 0) is 55.0 Å². The Morgan fingerprint density at radius 2 is 1.75 bits per heavy atom. The molecule has 24 heavy (non-hydrogen) atoms. The summed E-state index contributed by atoms with van der Waals surface area (Å²) >= 11 is 1.88. The van der Waals surface area contributed by atoms with Gasteiger partial charge in [0.2, 0.25) is 0 Å². The van der Waals surface area contributed by atoms with Crippen molar-refractivity contribution < 1.29 is 14.6 Å². The molecule has 0 atom stereocenters. The van der Waals surface area contributed by atoms with Crippen molar-refractivity contribution in [1.82, 2.24) is 0 Å². The van der Waals surface area contributed by atoms with Gasteiger partial charge in [0.1, 0.15) is 5.75 Å². The molecule has 0 aliphatic rings. The summed E-state index contributed by atoms with van der Waals surface area (Å²) in [7, 11) is 1.37. The Morgan fingerprint density at radius 1 is 1.08 bits per heavy atom. The molecule has 4 heteroatoms. The first-order valence-electron chi connectivity index (χ1n) is 7.80. The van der Waals surface area contributed by atoms with E-state index in [9.17, 15) is 4.79 Å². The number of phenolic OH excluding ortho intramolecular Hbond substituents is 1. The van der Waals surface area contributed by atoms with Crippen molar-refractivity contribution in [3.05, 3.63) is 64.5 Å². The minimum Gasteiger partial charge on any atom is -0.508 e. The lowest BCUT2D eigenvalue weighted by Crippen LogP contribution is -2.01. The van der Waals surface area contributed by atoms with Gasteiger partial charge >= 0.3 is 5.97 Å². The van der Waals surface area contributed by atoms with Crippen LogP contribution in [-0.4, -0.2) is 18.2 Å². The molecule has 0 fully saturated rings. The van der Waals surface area contributed by atoms with Gasteiger partial charge < -0.3 is 9.84 Å². The molecular formula is C20H22O3S. The van der Waals surface area contributed by atoms with Crippen molar-refractivity contribution in [2.45, 2.75) is 26.7 Å². The maximum atomic E-state index is 10.8. The zero-order valence-electron chi connectivity index (χ0n) is 14.2. The topological polar surface area (TPSA) is 46.5 Å². The van der Waals surface area contributed by atoms with Gasteiger partial charge in [0, 0.05) is 16.0 Å². The van der Waals surface area contributed by atoms with E-state index < -0.39 is 0 Å². The fourth-order valence-electron chi connectivity index (χ4n) is 2.31. The van der Waals surface area contributed by atoms with Crippen LogP contribution in [0.4, 0.5) is 0 Å². The quantitative estimate of drug-likeness (QED) is 0.680. The van der Waals surface area contributed by atoms with Gasteiger partial charge in [-0.25, -0.2) is 0 Å². The summed E-state index contributed by atoms with van der Waals surface area (Å²) in [5.41, 5.74) is 2.45. The van der Waals surface area contributed by atoms with E-state index in [0.717, 1.165) is 5.56 Å². The first kappa shape index (κ1) is 18.0. The Bertz CT molecular complexity index is 803. The Kier molecular flexibility index (Phi) is 6.38. The molecule has 0 spiro atoms. The maximum absolute atomic E-state index is 10.8. The lowest BCUT2D eigenvalue weighted by atomic mass is 10.1. The molecule has 1 aromatic heterocycles. The Morgan fingerprint density at radius 3 is 2.38 bits per heavy atom. The number of hydrogen-bond donors (Lipinski definition) is 1. The number of rotatable bonds is 3. The van der Waals surface area contributed by atoms with Crippen LogP contribution in [0.1, 0.15) is 22.4 Å². The van der Waals surface area contributed by atoms with Crippen molar-refractivity contribution in [3.8, 4) is 5.75 Å². The van der Waals surface area contributed by atoms with Crippen LogP contribution >= 0.6 is 11.3 Å². The van der Waals surface area contributed by atoms with E-state index in [1.165, 1.54) is 27.6 Å². The van der Waals surface area contributed by atoms with Crippen LogP contribution in [-0.2, 0) is 16.0 Å². The zero-order chi connectivity index (χ0) is 17.5. The SMILES string of the molecule is COC(=O)CCc1ccc(O)cc1.Cc1sc2ccccc2c1C. The number of thiophene rings is 1. The normalized spacial score (nSPS) is 10.1. The molecule has 3 rings (SSSR count). The van der Waals surface area contributed by atoms with Crippen molar-refractivity contribution in [3.63, 3.8) is 0 Å². The maximum Gasteiger partial charge on any atom is 0.305 e. The minimum atomic E-state index is -0.215. The monoisotopic (exact) mass is 342 g/mol. The van der Waals surface area contributed by atoms with E-state index in [4.69, 9.17) is 5.11 Å². The van der Waals surface area contributed by atoms with Crippen LogP contribution in [0.25, 0.3) is 10.1 Å². The molecule has 1 N–H and O–H groups in total. The van der Waals surface area contributed by atoms with E-state index in [1.807, 2.05) is 11.3 Å². The highest BCUT2D eigenvalue weighted by atomic mass is 32.1. The number of benzene rings is 2. The summed E-state index contributed by atoms with van der Waals surface area (Å²) in [5.74, 6) is 0.0230. The summed E-state index contributed by atoms with van der Waals surface area (Å²) in [6.07, 6.45) is 1.02. The van der Waals surface area contributed by atoms with Crippen molar-refractivity contribution in [2.75, 3.05) is 7.11 Å². The summed E-state index contributed by atoms with van der Waals surface area (Å²) in [5, 5.41) is 10.4. The Balaban J connectivity index is 0.000000175. The standard InChI is InChI=1S/C10H12O3.C10H10S/c1-13-10(12)7-4-8-2-5-9(11)6-3-8;1-7-8(2)11-10-6-4-3-5-9(7)10/h2-3,5-6,11H,4,7H2,1H3;3-6H,1-2H3. The molecule has 0 bridgehead atoms. The van der Waals surface area contributed by atoms with Crippen LogP contribution < -0.4 is 0 Å². The van der Waals surface area contributed by atoms with Gasteiger partial charge in [0.05, 0.1) is 7.11 Å². The van der Waals surface area contributed by atoms with E-state index >= 15 is 0 Å². The average Bonchev–Trinajstić information content (AvgIpc) is 2.89. The minimum absolute atomic E-state index is 0.215. The van der Waals surface area contributed by atoms with E-state index in [2.05, 4.69) is 42.8 Å². The number of carbonyl (C=O) groups is 1. The molecule has 2 aromatic carbocycles. The molecule has 3 nitrogen and oxygen atoms in total. The molecule has 3 aromatic rings. The molecule has 1 heterocycles. The first-order chi connectivity index (χ1) is 11.5. The van der Waals surface area contributed by atoms with Gasteiger partial charge in [-0.15, -0.1) is 11.3 Å². The highest BCUT2D eigenvalue weighted by Gasteiger charge is 2.02. The van der Waals surface area contributed by atoms with Crippen LogP contribution in [0.15, 0.2) is 48.5 Å². The van der Waals surface area contributed by atoms with Crippen LogP contribution in [0.5, 0.6) is 5.75 Å². The Labute approximate surface area is 146 Å². The van der Waals surface area contributed by atoms with Gasteiger partial charge in [-0.3, -0.25) is 4.79 Å². The van der Waals surface area contributed by atoms with Gasteiger partial charge in [-0.1, -0.05) is 30.3 Å². The number of aromatic hydroxyl groups is 1. The molecule has 0 radical (unpaired) electrons. The molecular weight excluding hydrogens is 320 g/mol. The summed E-state index contributed by atoms with van der Waals surface area (Å²) in [4.78, 5) is 12.2. The predicted molar refractivity (Wildman–Crippen MR) is 99.7 cm³/mol. The number of aryl methyl sites for hydroxylation is 3. The molecule has 0 saturated heterocycles. The van der Waals surface area contributed by atoms with Gasteiger partial charge in [0.15, 0.2) is 0 Å². The lowest BCUT2D eigenvalue weighted by Gasteiger charge is -2.00. The van der Waals surface area contributed by atoms with Gasteiger partial charge in [0.25, 0.3) is 0 Å². The van der Waals surface area contributed by atoms with Crippen molar-refractivity contribution in [1.29, 1.82) is 0 Å². The van der Waals surface area contributed by atoms with Crippen molar-refractivity contribution in [2.24, 2.45) is 0 Å². The second-order valence-electron chi connectivity index (χ2n) is 5.52. The van der Waals surface area contributed by atoms with E-state index in [0.29, 0.717) is 12.8 Å². The van der Waals surface area contributed by atoms with E-state index in [-0.39, 0.29) is 11.7 Å². The largest absolute Gasteiger partial charge is 0.508 e. The highest BCUT2D eigenvalue weighted by molar-refractivity contribution is 7.19. The summed E-state index contributed by atoms with van der Waals surface area (Å²) < 4.78 is 5.91. The number of hydrogen-bond acceptors (Lipinski definition) is 4. The van der Waals surface area contributed by atoms with Gasteiger partial charge in [-0.2, -0.15) is 0 Å². The smallest absolute Gasteiger partial charge is 0.305 e. The predicted octanol–water partition coefficient (Wildman–Crippen LogP) is 5.02. The number of methoxy groups -OCH3 is 1. The Hall–Kier alpha value is -2.33. The number of carbonyl (C=O) groups excluding carboxylic acids is 1. The third kappa shape index (κ3) is 4.83. The third-order valence-electron chi connectivity index (χ3n) is 3.86. The molecule has 0 aliphatic carbocycles. The molecule has 0 amide bonds. The fraction of sp³-hybridized carbons (Fsp3) is 0.250. The molecule has 126 valence electrons. The first-order valence-corrected chi connectivity index (χ1v) is 8.62. The second-order valence-corrected chi connectivity index (χ2v) is 6.78. The number of ether oxygens (including phenoxy) is 1. The lowest BCUT2D eigenvalue weighted by molar-refractivity contribution is -0.140. The third-order valence-corrected chi connectivity index (χ3v) is 5.05. The highest BCUT2D eigenvalue weighted by Crippen LogP contribution is 2.29. The average molecular weight is 342 g/mol. The molecule has 0 unspecified atom stereocenters. The zero-order valence-corrected chi connectivity index (χ0v) is 15.0. The van der Waals surface area contributed by atoms with Crippen LogP contribution in [0.3, 0.4) is 0 Å². The fourth-order valence-corrected chi connectivity index (χ4v) is 3.38. The van der Waals surface area contributed by atoms with Crippen LogP contribution in [0.2, 0.25) is 0 Å². The van der Waals surface area contributed by atoms with E-state index in [1.54, 1.807) is 24.3 Å². The van der Waals surface area contributed by atoms with Crippen molar-refractivity contribution >= 4 is 27.4 Å². The second kappa shape index (κ2) is 8.50.